The SMILES string of the molecule is N=C(N)c1ccc(N2CC(CNc3ccc(CC(=O)O)cc3CC(=O)O)OC2=O)cc1. The van der Waals surface area contributed by atoms with E-state index in [2.05, 4.69) is 5.32 Å². The van der Waals surface area contributed by atoms with E-state index in [0.29, 0.717) is 28.1 Å². The molecule has 6 N–H and O–H groups in total. The van der Waals surface area contributed by atoms with E-state index in [0.717, 1.165) is 0 Å². The van der Waals surface area contributed by atoms with Gasteiger partial charge in [0.05, 0.1) is 25.9 Å². The Hall–Kier alpha value is -4.08. The molecule has 10 nitrogen and oxygen atoms in total. The van der Waals surface area contributed by atoms with Crippen LogP contribution in [0.3, 0.4) is 0 Å². The largest absolute Gasteiger partial charge is 0.481 e. The molecule has 2 aromatic rings. The van der Waals surface area contributed by atoms with E-state index in [-0.39, 0.29) is 31.8 Å². The molecule has 1 aliphatic rings. The van der Waals surface area contributed by atoms with Crippen LogP contribution in [0.4, 0.5) is 16.2 Å². The summed E-state index contributed by atoms with van der Waals surface area (Å²) in [6.45, 7) is 0.537. The maximum absolute atomic E-state index is 12.3. The fraction of sp³-hybridized carbons (Fsp3) is 0.238. The van der Waals surface area contributed by atoms with Crippen molar-refractivity contribution in [1.82, 2.24) is 0 Å². The van der Waals surface area contributed by atoms with Crippen LogP contribution >= 0.6 is 0 Å². The second kappa shape index (κ2) is 9.16. The van der Waals surface area contributed by atoms with Crippen molar-refractivity contribution in [3.8, 4) is 0 Å². The second-order valence-electron chi connectivity index (χ2n) is 7.09. The first-order valence-electron chi connectivity index (χ1n) is 9.45. The molecule has 1 fully saturated rings. The smallest absolute Gasteiger partial charge is 0.414 e. The lowest BCUT2D eigenvalue weighted by atomic mass is 10.0. The van der Waals surface area contributed by atoms with Gasteiger partial charge in [0.1, 0.15) is 11.9 Å². The predicted molar refractivity (Wildman–Crippen MR) is 113 cm³/mol. The topological polar surface area (TPSA) is 166 Å². The summed E-state index contributed by atoms with van der Waals surface area (Å²) < 4.78 is 5.39. The van der Waals surface area contributed by atoms with Crippen LogP contribution in [-0.2, 0) is 27.2 Å². The molecule has 1 unspecified atom stereocenters. The highest BCUT2D eigenvalue weighted by Gasteiger charge is 2.32. The van der Waals surface area contributed by atoms with Gasteiger partial charge in [-0.1, -0.05) is 12.1 Å². The molecule has 1 amide bonds. The Kier molecular flexibility index (Phi) is 6.39. The van der Waals surface area contributed by atoms with Gasteiger partial charge in [0, 0.05) is 16.9 Å². The summed E-state index contributed by atoms with van der Waals surface area (Å²) in [4.78, 5) is 35.8. The second-order valence-corrected chi connectivity index (χ2v) is 7.09. The molecule has 0 aromatic heterocycles. The van der Waals surface area contributed by atoms with Gasteiger partial charge >= 0.3 is 18.0 Å². The van der Waals surface area contributed by atoms with Crippen LogP contribution in [0.15, 0.2) is 42.5 Å². The van der Waals surface area contributed by atoms with E-state index < -0.39 is 24.1 Å². The quantitative estimate of drug-likeness (QED) is 0.298. The molecule has 0 spiro atoms. The van der Waals surface area contributed by atoms with Crippen LogP contribution in [-0.4, -0.2) is 53.3 Å². The number of nitrogens with zero attached hydrogens (tertiary/aromatic N) is 1. The molecule has 162 valence electrons. The first-order chi connectivity index (χ1) is 14.7. The van der Waals surface area contributed by atoms with Crippen molar-refractivity contribution in [2.45, 2.75) is 18.9 Å². The van der Waals surface area contributed by atoms with E-state index in [1.165, 1.54) is 4.90 Å². The third-order valence-corrected chi connectivity index (χ3v) is 4.75. The van der Waals surface area contributed by atoms with E-state index in [1.807, 2.05) is 0 Å². The summed E-state index contributed by atoms with van der Waals surface area (Å²) in [5, 5.41) is 28.6. The number of amides is 1. The Labute approximate surface area is 177 Å². The number of cyclic esters (lactones) is 1. The molecule has 0 bridgehead atoms. The van der Waals surface area contributed by atoms with E-state index >= 15 is 0 Å². The molecule has 31 heavy (non-hydrogen) atoms. The van der Waals surface area contributed by atoms with Gasteiger partial charge in [-0.15, -0.1) is 0 Å². The van der Waals surface area contributed by atoms with Crippen molar-refractivity contribution >= 4 is 35.2 Å². The lowest BCUT2D eigenvalue weighted by Crippen LogP contribution is -2.27. The highest BCUT2D eigenvalue weighted by Crippen LogP contribution is 2.24. The Bertz CT molecular complexity index is 1020. The van der Waals surface area contributed by atoms with Crippen molar-refractivity contribution in [2.24, 2.45) is 5.73 Å². The number of anilines is 2. The van der Waals surface area contributed by atoms with E-state index in [9.17, 15) is 14.4 Å². The lowest BCUT2D eigenvalue weighted by Gasteiger charge is -2.16. The third kappa shape index (κ3) is 5.50. The number of carbonyl (C=O) groups is 3. The first-order valence-corrected chi connectivity index (χ1v) is 9.45. The number of nitrogen functional groups attached to an aromatic ring is 1. The number of carboxylic acid groups (broad SMARTS) is 2. The number of nitrogens with one attached hydrogen (secondary N) is 2. The number of ether oxygens (including phenoxy) is 1. The van der Waals surface area contributed by atoms with E-state index in [1.54, 1.807) is 42.5 Å². The number of rotatable bonds is 9. The fourth-order valence-electron chi connectivity index (χ4n) is 3.30. The zero-order valence-electron chi connectivity index (χ0n) is 16.5. The molecule has 1 heterocycles. The number of amidine groups is 1. The summed E-state index contributed by atoms with van der Waals surface area (Å²) in [6.07, 6.45) is -1.46. The van der Waals surface area contributed by atoms with E-state index in [4.69, 9.17) is 26.1 Å². The predicted octanol–water partition coefficient (Wildman–Crippen LogP) is 1.66. The molecule has 0 saturated carbocycles. The van der Waals surface area contributed by atoms with Gasteiger partial charge in [0.2, 0.25) is 0 Å². The Morgan fingerprint density at radius 3 is 2.42 bits per heavy atom. The highest BCUT2D eigenvalue weighted by atomic mass is 16.6. The molecule has 0 radical (unpaired) electrons. The third-order valence-electron chi connectivity index (χ3n) is 4.75. The monoisotopic (exact) mass is 426 g/mol. The Morgan fingerprint density at radius 1 is 1.13 bits per heavy atom. The summed E-state index contributed by atoms with van der Waals surface area (Å²) in [5.74, 6) is -2.11. The lowest BCUT2D eigenvalue weighted by molar-refractivity contribution is -0.137. The minimum atomic E-state index is -1.04. The Balaban J connectivity index is 1.67. The van der Waals surface area contributed by atoms with Crippen molar-refractivity contribution in [3.05, 3.63) is 59.2 Å². The van der Waals surface area contributed by atoms with Gasteiger partial charge in [-0.2, -0.15) is 0 Å². The molecule has 10 heteroatoms. The van der Waals surface area contributed by atoms with Crippen molar-refractivity contribution in [3.63, 3.8) is 0 Å². The van der Waals surface area contributed by atoms with Crippen molar-refractivity contribution in [1.29, 1.82) is 5.41 Å². The minimum absolute atomic E-state index is 0.0656. The number of hydrogen-bond acceptors (Lipinski definition) is 6. The fourth-order valence-corrected chi connectivity index (χ4v) is 3.30. The Morgan fingerprint density at radius 2 is 1.81 bits per heavy atom. The summed E-state index contributed by atoms with van der Waals surface area (Å²) in [7, 11) is 0. The van der Waals surface area contributed by atoms with Crippen LogP contribution in [0.25, 0.3) is 0 Å². The van der Waals surface area contributed by atoms with Crippen LogP contribution in [0.2, 0.25) is 0 Å². The number of nitrogens with two attached hydrogens (primary N) is 1. The average Bonchev–Trinajstić information content (AvgIpc) is 3.07. The van der Waals surface area contributed by atoms with Crippen LogP contribution in [0.1, 0.15) is 16.7 Å². The molecule has 2 aromatic carbocycles. The highest BCUT2D eigenvalue weighted by molar-refractivity contribution is 5.96. The maximum Gasteiger partial charge on any atom is 0.414 e. The van der Waals surface area contributed by atoms with Gasteiger partial charge in [0.15, 0.2) is 0 Å². The number of benzene rings is 2. The molecule has 1 atom stereocenters. The molecule has 1 aliphatic heterocycles. The summed E-state index contributed by atoms with van der Waals surface area (Å²) in [5.41, 5.74) is 8.09. The molecular weight excluding hydrogens is 404 g/mol. The minimum Gasteiger partial charge on any atom is -0.481 e. The molecule has 0 aliphatic carbocycles. The standard InChI is InChI=1S/C21H22N4O6/c22-20(23)13-2-4-15(5-3-13)25-11-16(31-21(25)30)10-24-17-6-1-12(8-18(26)27)7-14(17)9-19(28)29/h1-7,16,24H,8-11H2,(H3,22,23)(H,26,27)(H,28,29). The van der Waals surface area contributed by atoms with Crippen molar-refractivity contribution < 1.29 is 29.3 Å². The summed E-state index contributed by atoms with van der Waals surface area (Å²) in [6, 6.07) is 11.5. The number of carboxylic acids is 2. The zero-order chi connectivity index (χ0) is 22.5. The number of carbonyl (C=O) groups excluding carboxylic acids is 1. The van der Waals surface area contributed by atoms with Gasteiger partial charge in [-0.3, -0.25) is 19.9 Å². The zero-order valence-corrected chi connectivity index (χ0v) is 16.5. The number of aliphatic carboxylic acids is 2. The first kappa shape index (κ1) is 21.6. The summed E-state index contributed by atoms with van der Waals surface area (Å²) >= 11 is 0. The van der Waals surface area contributed by atoms with Gasteiger partial charge in [-0.25, -0.2) is 4.79 Å². The maximum atomic E-state index is 12.3. The number of hydrogen-bond donors (Lipinski definition) is 5. The normalized spacial score (nSPS) is 15.4. The molecule has 1 saturated heterocycles. The van der Waals surface area contributed by atoms with Crippen molar-refractivity contribution in [2.75, 3.05) is 23.3 Å². The van der Waals surface area contributed by atoms with Gasteiger partial charge in [-0.05, 0) is 41.5 Å². The molecular formula is C21H22N4O6. The van der Waals surface area contributed by atoms with Gasteiger partial charge < -0.3 is 26.0 Å². The average molecular weight is 426 g/mol. The van der Waals surface area contributed by atoms with Gasteiger partial charge in [0.25, 0.3) is 0 Å². The molecule has 3 rings (SSSR count). The van der Waals surface area contributed by atoms with Crippen LogP contribution < -0.4 is 16.0 Å². The van der Waals surface area contributed by atoms with Crippen LogP contribution in [0, 0.1) is 5.41 Å². The van der Waals surface area contributed by atoms with Crippen LogP contribution in [0.5, 0.6) is 0 Å².